The Bertz CT molecular complexity index is 83.7. The van der Waals surface area contributed by atoms with Crippen molar-refractivity contribution in [2.24, 2.45) is 5.41 Å². The number of hydrogen-bond acceptors (Lipinski definition) is 2. The molecule has 0 aliphatic heterocycles. The average molecular weight is 146 g/mol. The topological polar surface area (TPSA) is 18.5 Å². The van der Waals surface area contributed by atoms with E-state index in [1.807, 2.05) is 0 Å². The van der Waals surface area contributed by atoms with Crippen molar-refractivity contribution in [2.45, 2.75) is 26.9 Å². The van der Waals surface area contributed by atoms with Gasteiger partial charge in [-0.2, -0.15) is 0 Å². The Balaban J connectivity index is 3.81. The molecule has 2 nitrogen and oxygen atoms in total. The highest BCUT2D eigenvalue weighted by Crippen LogP contribution is 2.21. The van der Waals surface area contributed by atoms with E-state index < -0.39 is 0 Å². The van der Waals surface area contributed by atoms with Gasteiger partial charge >= 0.3 is 0 Å². The number of methoxy groups -OCH3 is 2. The third-order valence-electron chi connectivity index (χ3n) is 1.57. The molecule has 0 aliphatic carbocycles. The van der Waals surface area contributed by atoms with Crippen molar-refractivity contribution < 1.29 is 9.47 Å². The van der Waals surface area contributed by atoms with E-state index in [0.29, 0.717) is 6.61 Å². The summed E-state index contributed by atoms with van der Waals surface area (Å²) in [6.45, 7) is 7.08. The van der Waals surface area contributed by atoms with Gasteiger partial charge in [0.15, 0.2) is 0 Å². The molecule has 0 rings (SSSR count). The van der Waals surface area contributed by atoms with E-state index in [9.17, 15) is 0 Å². The molecule has 0 unspecified atom stereocenters. The molecule has 0 aliphatic rings. The Labute approximate surface area is 63.5 Å². The largest absolute Gasteiger partial charge is 0.382 e. The summed E-state index contributed by atoms with van der Waals surface area (Å²) in [6, 6.07) is 0. The van der Waals surface area contributed by atoms with Crippen LogP contribution in [0.15, 0.2) is 0 Å². The molecule has 0 saturated heterocycles. The van der Waals surface area contributed by atoms with Crippen molar-refractivity contribution in [1.82, 2.24) is 0 Å². The summed E-state index contributed by atoms with van der Waals surface area (Å²) in [4.78, 5) is 0. The first-order chi connectivity index (χ1) is 4.52. The summed E-state index contributed by atoms with van der Waals surface area (Å²) in [5, 5.41) is 0. The number of hydrogen-bond donors (Lipinski definition) is 0. The first-order valence-corrected chi connectivity index (χ1v) is 3.54. The molecule has 0 aromatic heterocycles. The second kappa shape index (κ2) is 3.94. The van der Waals surface area contributed by atoms with Gasteiger partial charge in [-0.1, -0.05) is 20.8 Å². The Morgan fingerprint density at radius 3 is 1.80 bits per heavy atom. The van der Waals surface area contributed by atoms with Crippen LogP contribution in [0, 0.1) is 5.41 Å². The Morgan fingerprint density at radius 1 is 1.20 bits per heavy atom. The van der Waals surface area contributed by atoms with E-state index >= 15 is 0 Å². The molecule has 0 heterocycles. The fraction of sp³-hybridized carbons (Fsp3) is 1.00. The molecule has 0 spiro atoms. The molecule has 2 heteroatoms. The van der Waals surface area contributed by atoms with Gasteiger partial charge in [0.05, 0.1) is 12.7 Å². The van der Waals surface area contributed by atoms with E-state index in [2.05, 4.69) is 20.8 Å². The van der Waals surface area contributed by atoms with Crippen LogP contribution < -0.4 is 0 Å². The summed E-state index contributed by atoms with van der Waals surface area (Å²) in [5.74, 6) is 0. The minimum Gasteiger partial charge on any atom is -0.382 e. The van der Waals surface area contributed by atoms with Crippen LogP contribution in [0.2, 0.25) is 0 Å². The Morgan fingerprint density at radius 2 is 1.70 bits per heavy atom. The summed E-state index contributed by atoms with van der Waals surface area (Å²) in [6.07, 6.45) is 0.192. The van der Waals surface area contributed by atoms with Crippen molar-refractivity contribution >= 4 is 0 Å². The van der Waals surface area contributed by atoms with Crippen LogP contribution in [0.3, 0.4) is 0 Å². The predicted octanol–water partition coefficient (Wildman–Crippen LogP) is 1.69. The molecule has 1 atom stereocenters. The van der Waals surface area contributed by atoms with Crippen LogP contribution in [0.1, 0.15) is 20.8 Å². The second-order valence-corrected chi connectivity index (χ2v) is 3.55. The van der Waals surface area contributed by atoms with Crippen LogP contribution in [0.25, 0.3) is 0 Å². The van der Waals surface area contributed by atoms with Crippen LogP contribution >= 0.6 is 0 Å². The minimum atomic E-state index is 0.171. The molecular formula is C8H18O2. The molecule has 10 heavy (non-hydrogen) atoms. The monoisotopic (exact) mass is 146 g/mol. The summed E-state index contributed by atoms with van der Waals surface area (Å²) in [5.41, 5.74) is 0.171. The molecule has 0 bridgehead atoms. The highest BCUT2D eigenvalue weighted by molar-refractivity contribution is 4.73. The smallest absolute Gasteiger partial charge is 0.0852 e. The molecule has 0 amide bonds. The first kappa shape index (κ1) is 9.92. The van der Waals surface area contributed by atoms with Gasteiger partial charge in [-0.15, -0.1) is 0 Å². The molecule has 0 N–H and O–H groups in total. The predicted molar refractivity (Wildman–Crippen MR) is 42.1 cm³/mol. The summed E-state index contributed by atoms with van der Waals surface area (Å²) < 4.78 is 10.2. The average Bonchev–Trinajstić information content (AvgIpc) is 1.80. The molecular weight excluding hydrogens is 128 g/mol. The van der Waals surface area contributed by atoms with Crippen molar-refractivity contribution in [3.8, 4) is 0 Å². The Kier molecular flexibility index (Phi) is 3.91. The first-order valence-electron chi connectivity index (χ1n) is 3.54. The van der Waals surface area contributed by atoms with Gasteiger partial charge in [0, 0.05) is 14.2 Å². The molecule has 0 aromatic rings. The lowest BCUT2D eigenvalue weighted by Crippen LogP contribution is -2.32. The van der Waals surface area contributed by atoms with Gasteiger partial charge in [0.2, 0.25) is 0 Å². The zero-order valence-electron chi connectivity index (χ0n) is 7.60. The van der Waals surface area contributed by atoms with Gasteiger partial charge in [0.1, 0.15) is 0 Å². The molecule has 0 fully saturated rings. The maximum Gasteiger partial charge on any atom is 0.0852 e. The lowest BCUT2D eigenvalue weighted by Gasteiger charge is -2.28. The van der Waals surface area contributed by atoms with Crippen LogP contribution in [0.5, 0.6) is 0 Å². The third-order valence-corrected chi connectivity index (χ3v) is 1.57. The summed E-state index contributed by atoms with van der Waals surface area (Å²) in [7, 11) is 3.41. The molecule has 0 aromatic carbocycles. The quantitative estimate of drug-likeness (QED) is 0.603. The minimum absolute atomic E-state index is 0.171. The highest BCUT2D eigenvalue weighted by atomic mass is 16.5. The van der Waals surface area contributed by atoms with Crippen molar-refractivity contribution in [2.75, 3.05) is 20.8 Å². The van der Waals surface area contributed by atoms with Crippen LogP contribution in [-0.4, -0.2) is 26.9 Å². The zero-order chi connectivity index (χ0) is 8.20. The van der Waals surface area contributed by atoms with Gasteiger partial charge < -0.3 is 9.47 Å². The summed E-state index contributed by atoms with van der Waals surface area (Å²) >= 11 is 0. The van der Waals surface area contributed by atoms with E-state index in [1.165, 1.54) is 0 Å². The van der Waals surface area contributed by atoms with E-state index in [-0.39, 0.29) is 11.5 Å². The third kappa shape index (κ3) is 3.18. The fourth-order valence-corrected chi connectivity index (χ4v) is 0.823. The maximum atomic E-state index is 5.23. The highest BCUT2D eigenvalue weighted by Gasteiger charge is 2.23. The fourth-order valence-electron chi connectivity index (χ4n) is 0.823. The SMILES string of the molecule is COC[C@H](OC)C(C)(C)C. The van der Waals surface area contributed by atoms with Gasteiger partial charge in [-0.05, 0) is 5.41 Å². The van der Waals surface area contributed by atoms with Crippen molar-refractivity contribution in [3.05, 3.63) is 0 Å². The van der Waals surface area contributed by atoms with E-state index in [4.69, 9.17) is 9.47 Å². The van der Waals surface area contributed by atoms with Crippen LogP contribution in [0.4, 0.5) is 0 Å². The standard InChI is InChI=1S/C8H18O2/c1-8(2,3)7(10-5)6-9-4/h7H,6H2,1-5H3/t7-/m0/s1. The van der Waals surface area contributed by atoms with Crippen molar-refractivity contribution in [3.63, 3.8) is 0 Å². The van der Waals surface area contributed by atoms with Gasteiger partial charge in [-0.25, -0.2) is 0 Å². The van der Waals surface area contributed by atoms with Crippen molar-refractivity contribution in [1.29, 1.82) is 0 Å². The lowest BCUT2D eigenvalue weighted by atomic mass is 9.89. The van der Waals surface area contributed by atoms with Gasteiger partial charge in [-0.3, -0.25) is 0 Å². The van der Waals surface area contributed by atoms with E-state index in [1.54, 1.807) is 14.2 Å². The maximum absolute atomic E-state index is 5.23. The van der Waals surface area contributed by atoms with Crippen LogP contribution in [-0.2, 0) is 9.47 Å². The number of ether oxygens (including phenoxy) is 2. The molecule has 0 radical (unpaired) electrons. The zero-order valence-corrected chi connectivity index (χ0v) is 7.60. The lowest BCUT2D eigenvalue weighted by molar-refractivity contribution is -0.0347. The molecule has 62 valence electrons. The normalized spacial score (nSPS) is 15.3. The second-order valence-electron chi connectivity index (χ2n) is 3.55. The number of rotatable bonds is 3. The molecule has 0 saturated carbocycles. The van der Waals surface area contributed by atoms with Gasteiger partial charge in [0.25, 0.3) is 0 Å². The van der Waals surface area contributed by atoms with E-state index in [0.717, 1.165) is 0 Å². The Hall–Kier alpha value is -0.0800.